The van der Waals surface area contributed by atoms with Crippen molar-refractivity contribution in [3.05, 3.63) is 34.9 Å². The average Bonchev–Trinajstić information content (AvgIpc) is 2.72. The van der Waals surface area contributed by atoms with Gasteiger partial charge in [-0.2, -0.15) is 0 Å². The van der Waals surface area contributed by atoms with Crippen LogP contribution in [-0.2, 0) is 4.79 Å². The number of carbonyl (C=O) groups is 2. The Bertz CT molecular complexity index is 568. The average molecular weight is 272 g/mol. The molecule has 0 aliphatic carbocycles. The maximum Gasteiger partial charge on any atom is 0.254 e. The fourth-order valence-electron chi connectivity index (χ4n) is 3.33. The highest BCUT2D eigenvalue weighted by molar-refractivity contribution is 5.97. The van der Waals surface area contributed by atoms with E-state index < -0.39 is 0 Å². The zero-order valence-corrected chi connectivity index (χ0v) is 12.0. The Kier molecular flexibility index (Phi) is 3.24. The van der Waals surface area contributed by atoms with Crippen LogP contribution in [0.5, 0.6) is 0 Å². The van der Waals surface area contributed by atoms with Gasteiger partial charge in [-0.1, -0.05) is 12.1 Å². The number of carbonyl (C=O) groups excluding carboxylic acids is 2. The van der Waals surface area contributed by atoms with Crippen LogP contribution in [0.25, 0.3) is 0 Å². The SMILES string of the molecule is Cc1cccc(C(=O)N2C3CCC2CC(=O)NC3)c1C. The molecule has 2 aliphatic rings. The van der Waals surface area contributed by atoms with E-state index in [2.05, 4.69) is 5.32 Å². The van der Waals surface area contributed by atoms with Gasteiger partial charge < -0.3 is 10.2 Å². The van der Waals surface area contributed by atoms with Crippen molar-refractivity contribution in [3.8, 4) is 0 Å². The van der Waals surface area contributed by atoms with Crippen molar-refractivity contribution in [1.29, 1.82) is 0 Å². The molecule has 2 bridgehead atoms. The molecular weight excluding hydrogens is 252 g/mol. The Balaban J connectivity index is 1.94. The van der Waals surface area contributed by atoms with Gasteiger partial charge in [0.05, 0.1) is 0 Å². The highest BCUT2D eigenvalue weighted by Gasteiger charge is 2.40. The van der Waals surface area contributed by atoms with Crippen molar-refractivity contribution < 1.29 is 9.59 Å². The summed E-state index contributed by atoms with van der Waals surface area (Å²) in [5.41, 5.74) is 2.95. The number of amides is 2. The van der Waals surface area contributed by atoms with Crippen molar-refractivity contribution >= 4 is 11.8 Å². The van der Waals surface area contributed by atoms with E-state index in [1.54, 1.807) is 0 Å². The highest BCUT2D eigenvalue weighted by Crippen LogP contribution is 2.30. The van der Waals surface area contributed by atoms with E-state index >= 15 is 0 Å². The van der Waals surface area contributed by atoms with Crippen LogP contribution in [0.2, 0.25) is 0 Å². The molecule has 3 rings (SSSR count). The van der Waals surface area contributed by atoms with Gasteiger partial charge in [0.25, 0.3) is 5.91 Å². The molecule has 2 heterocycles. The molecule has 2 saturated heterocycles. The van der Waals surface area contributed by atoms with E-state index in [0.717, 1.165) is 29.5 Å². The molecule has 0 aromatic heterocycles. The van der Waals surface area contributed by atoms with Crippen LogP contribution >= 0.6 is 0 Å². The van der Waals surface area contributed by atoms with E-state index in [1.165, 1.54) is 0 Å². The maximum atomic E-state index is 12.9. The molecule has 2 atom stereocenters. The summed E-state index contributed by atoms with van der Waals surface area (Å²) >= 11 is 0. The molecule has 2 aliphatic heterocycles. The third kappa shape index (κ3) is 2.09. The van der Waals surface area contributed by atoms with Crippen LogP contribution in [0.1, 0.15) is 40.7 Å². The molecule has 4 nitrogen and oxygen atoms in total. The molecular formula is C16H20N2O2. The van der Waals surface area contributed by atoms with E-state index in [1.807, 2.05) is 36.9 Å². The minimum Gasteiger partial charge on any atom is -0.354 e. The lowest BCUT2D eigenvalue weighted by atomic mass is 10.0. The van der Waals surface area contributed by atoms with Crippen LogP contribution in [0, 0.1) is 13.8 Å². The normalized spacial score (nSPS) is 25.3. The molecule has 1 aromatic carbocycles. The molecule has 0 spiro atoms. The summed E-state index contributed by atoms with van der Waals surface area (Å²) in [6.07, 6.45) is 2.36. The first kappa shape index (κ1) is 13.2. The third-order valence-electron chi connectivity index (χ3n) is 4.65. The summed E-state index contributed by atoms with van der Waals surface area (Å²) in [6, 6.07) is 6.06. The van der Waals surface area contributed by atoms with Crippen molar-refractivity contribution in [3.63, 3.8) is 0 Å². The van der Waals surface area contributed by atoms with Crippen molar-refractivity contribution in [2.45, 2.75) is 45.2 Å². The molecule has 4 heteroatoms. The van der Waals surface area contributed by atoms with Gasteiger partial charge in [-0.05, 0) is 43.9 Å². The highest BCUT2D eigenvalue weighted by atomic mass is 16.2. The van der Waals surface area contributed by atoms with E-state index in [0.29, 0.717) is 13.0 Å². The lowest BCUT2D eigenvalue weighted by Crippen LogP contribution is -2.42. The number of aryl methyl sites for hydroxylation is 1. The van der Waals surface area contributed by atoms with Crippen LogP contribution < -0.4 is 5.32 Å². The second kappa shape index (κ2) is 4.93. The molecule has 2 amide bonds. The zero-order valence-electron chi connectivity index (χ0n) is 12.0. The molecule has 2 unspecified atom stereocenters. The molecule has 0 saturated carbocycles. The van der Waals surface area contributed by atoms with Gasteiger partial charge in [-0.3, -0.25) is 9.59 Å². The van der Waals surface area contributed by atoms with E-state index in [-0.39, 0.29) is 23.9 Å². The van der Waals surface area contributed by atoms with Crippen LogP contribution in [0.3, 0.4) is 0 Å². The van der Waals surface area contributed by atoms with Gasteiger partial charge in [0, 0.05) is 30.6 Å². The largest absolute Gasteiger partial charge is 0.354 e. The predicted octanol–water partition coefficient (Wildman–Crippen LogP) is 1.80. The second-order valence-corrected chi connectivity index (χ2v) is 5.85. The first-order valence-corrected chi connectivity index (χ1v) is 7.23. The maximum absolute atomic E-state index is 12.9. The Morgan fingerprint density at radius 2 is 2.00 bits per heavy atom. The van der Waals surface area contributed by atoms with Crippen LogP contribution in [0.4, 0.5) is 0 Å². The van der Waals surface area contributed by atoms with E-state index in [4.69, 9.17) is 0 Å². The topological polar surface area (TPSA) is 49.4 Å². The van der Waals surface area contributed by atoms with E-state index in [9.17, 15) is 9.59 Å². The number of fused-ring (bicyclic) bond motifs is 2. The molecule has 1 aromatic rings. The van der Waals surface area contributed by atoms with Crippen molar-refractivity contribution in [2.75, 3.05) is 6.54 Å². The molecule has 2 fully saturated rings. The monoisotopic (exact) mass is 272 g/mol. The Labute approximate surface area is 119 Å². The second-order valence-electron chi connectivity index (χ2n) is 5.85. The summed E-state index contributed by atoms with van der Waals surface area (Å²) in [4.78, 5) is 26.5. The predicted molar refractivity (Wildman–Crippen MR) is 76.5 cm³/mol. The molecule has 0 radical (unpaired) electrons. The first-order chi connectivity index (χ1) is 9.58. The summed E-state index contributed by atoms with van der Waals surface area (Å²) in [6.45, 7) is 4.60. The van der Waals surface area contributed by atoms with Crippen molar-refractivity contribution in [1.82, 2.24) is 10.2 Å². The standard InChI is InChI=1S/C16H20N2O2/c1-10-4-3-5-14(11(10)2)16(20)18-12-6-7-13(18)9-17-15(19)8-12/h3-5,12-13H,6-9H2,1-2H3,(H,17,19). The fourth-order valence-corrected chi connectivity index (χ4v) is 3.33. The van der Waals surface area contributed by atoms with Crippen LogP contribution in [-0.4, -0.2) is 35.3 Å². The number of hydrogen-bond acceptors (Lipinski definition) is 2. The zero-order chi connectivity index (χ0) is 14.3. The van der Waals surface area contributed by atoms with Gasteiger partial charge in [0.2, 0.25) is 5.91 Å². The molecule has 1 N–H and O–H groups in total. The van der Waals surface area contributed by atoms with Gasteiger partial charge in [0.1, 0.15) is 0 Å². The number of nitrogens with one attached hydrogen (secondary N) is 1. The Morgan fingerprint density at radius 1 is 1.25 bits per heavy atom. The lowest BCUT2D eigenvalue weighted by molar-refractivity contribution is -0.121. The summed E-state index contributed by atoms with van der Waals surface area (Å²) in [5.74, 6) is 0.145. The number of rotatable bonds is 1. The van der Waals surface area contributed by atoms with Crippen LogP contribution in [0.15, 0.2) is 18.2 Å². The van der Waals surface area contributed by atoms with Gasteiger partial charge in [-0.15, -0.1) is 0 Å². The summed E-state index contributed by atoms with van der Waals surface area (Å²) in [5, 5.41) is 2.91. The van der Waals surface area contributed by atoms with Gasteiger partial charge in [-0.25, -0.2) is 0 Å². The lowest BCUT2D eigenvalue weighted by Gasteiger charge is -2.28. The Hall–Kier alpha value is -1.84. The number of nitrogens with zero attached hydrogens (tertiary/aromatic N) is 1. The number of benzene rings is 1. The third-order valence-corrected chi connectivity index (χ3v) is 4.65. The quantitative estimate of drug-likeness (QED) is 0.847. The fraction of sp³-hybridized carbons (Fsp3) is 0.500. The van der Waals surface area contributed by atoms with Gasteiger partial charge in [0.15, 0.2) is 0 Å². The smallest absolute Gasteiger partial charge is 0.254 e. The summed E-state index contributed by atoms with van der Waals surface area (Å²) < 4.78 is 0. The van der Waals surface area contributed by atoms with Crippen molar-refractivity contribution in [2.24, 2.45) is 0 Å². The molecule has 20 heavy (non-hydrogen) atoms. The van der Waals surface area contributed by atoms with Gasteiger partial charge >= 0.3 is 0 Å². The minimum absolute atomic E-state index is 0.0647. The summed E-state index contributed by atoms with van der Waals surface area (Å²) in [7, 11) is 0. The Morgan fingerprint density at radius 3 is 2.80 bits per heavy atom. The number of hydrogen-bond donors (Lipinski definition) is 1. The molecule has 106 valence electrons. The first-order valence-electron chi connectivity index (χ1n) is 7.23. The minimum atomic E-state index is 0.0647.